The number of hydrogen-bond donors (Lipinski definition) is 4. The van der Waals surface area contributed by atoms with Crippen molar-refractivity contribution in [3.63, 3.8) is 0 Å². The van der Waals surface area contributed by atoms with Gasteiger partial charge < -0.3 is 21.3 Å². The van der Waals surface area contributed by atoms with Gasteiger partial charge >= 0.3 is 0 Å². The molecule has 0 bridgehead atoms. The van der Waals surface area contributed by atoms with Gasteiger partial charge in [0, 0.05) is 18.5 Å². The molecule has 5 heteroatoms. The van der Waals surface area contributed by atoms with Crippen LogP contribution in [0, 0.1) is 11.8 Å². The smallest absolute Gasteiger partial charge is 0.223 e. The van der Waals surface area contributed by atoms with E-state index >= 15 is 0 Å². The maximum atomic E-state index is 12.2. The molecule has 5 nitrogen and oxygen atoms in total. The summed E-state index contributed by atoms with van der Waals surface area (Å²) in [5, 5.41) is 21.9. The summed E-state index contributed by atoms with van der Waals surface area (Å²) in [6.07, 6.45) is 0.864. The Morgan fingerprint density at radius 3 is 2.43 bits per heavy atom. The first kappa shape index (κ1) is 19.6. The highest BCUT2D eigenvalue weighted by Gasteiger charge is 2.26. The van der Waals surface area contributed by atoms with E-state index in [2.05, 4.69) is 5.32 Å². The van der Waals surface area contributed by atoms with E-state index in [0.717, 1.165) is 5.56 Å². The minimum Gasteiger partial charge on any atom is -0.395 e. The fraction of sp³-hybridized carbons (Fsp3) is 0.611. The number of nitrogens with one attached hydrogen (secondary N) is 1. The predicted octanol–water partition coefficient (Wildman–Crippen LogP) is 1.08. The first-order valence-corrected chi connectivity index (χ1v) is 8.30. The minimum absolute atomic E-state index is 0.0871. The highest BCUT2D eigenvalue weighted by molar-refractivity contribution is 5.78. The Balaban J connectivity index is 2.60. The van der Waals surface area contributed by atoms with Crippen molar-refractivity contribution in [3.8, 4) is 0 Å². The van der Waals surface area contributed by atoms with E-state index in [0.29, 0.717) is 25.2 Å². The zero-order chi connectivity index (χ0) is 17.2. The molecule has 0 radical (unpaired) electrons. The summed E-state index contributed by atoms with van der Waals surface area (Å²) in [6.45, 7) is 4.24. The van der Waals surface area contributed by atoms with Crippen LogP contribution in [0.1, 0.15) is 32.3 Å². The molecule has 1 aromatic rings. The predicted molar refractivity (Wildman–Crippen MR) is 91.8 cm³/mol. The zero-order valence-corrected chi connectivity index (χ0v) is 14.1. The highest BCUT2D eigenvalue weighted by Crippen LogP contribution is 2.19. The molecule has 1 rings (SSSR count). The van der Waals surface area contributed by atoms with Crippen molar-refractivity contribution in [3.05, 3.63) is 35.9 Å². The van der Waals surface area contributed by atoms with Crippen LogP contribution in [0.15, 0.2) is 30.3 Å². The van der Waals surface area contributed by atoms with Gasteiger partial charge in [0.05, 0.1) is 12.7 Å². The van der Waals surface area contributed by atoms with Gasteiger partial charge in [0.2, 0.25) is 5.91 Å². The van der Waals surface area contributed by atoms with Crippen molar-refractivity contribution in [2.75, 3.05) is 13.2 Å². The number of aliphatic hydroxyl groups excluding tert-OH is 2. The van der Waals surface area contributed by atoms with Gasteiger partial charge in [-0.1, -0.05) is 44.2 Å². The zero-order valence-electron chi connectivity index (χ0n) is 14.1. The molecule has 0 saturated heterocycles. The molecule has 0 fully saturated rings. The average molecular weight is 322 g/mol. The number of aliphatic hydroxyl groups is 2. The largest absolute Gasteiger partial charge is 0.395 e. The summed E-state index contributed by atoms with van der Waals surface area (Å²) in [4.78, 5) is 12.2. The molecule has 1 aromatic carbocycles. The van der Waals surface area contributed by atoms with Gasteiger partial charge in [0.25, 0.3) is 0 Å². The lowest BCUT2D eigenvalue weighted by Gasteiger charge is -2.25. The maximum Gasteiger partial charge on any atom is 0.223 e. The van der Waals surface area contributed by atoms with Gasteiger partial charge in [-0.2, -0.15) is 0 Å². The first-order valence-electron chi connectivity index (χ1n) is 8.30. The molecule has 0 aromatic heterocycles. The summed E-state index contributed by atoms with van der Waals surface area (Å²) >= 11 is 0. The minimum atomic E-state index is -0.737. The molecule has 0 aliphatic heterocycles. The fourth-order valence-electron chi connectivity index (χ4n) is 2.69. The Kier molecular flexibility index (Phi) is 8.84. The first-order chi connectivity index (χ1) is 10.9. The van der Waals surface area contributed by atoms with Gasteiger partial charge in [0.15, 0.2) is 0 Å². The third-order valence-corrected chi connectivity index (χ3v) is 3.87. The number of rotatable bonds is 10. The van der Waals surface area contributed by atoms with E-state index in [1.54, 1.807) is 0 Å². The quantitative estimate of drug-likeness (QED) is 0.518. The number of amides is 1. The van der Waals surface area contributed by atoms with Gasteiger partial charge in [-0.3, -0.25) is 4.79 Å². The van der Waals surface area contributed by atoms with E-state index < -0.39 is 12.1 Å². The SMILES string of the molecule is CC(C)C[C@H](C[C@H](O)C(N)Cc1ccccc1)C(=O)NCCO. The Morgan fingerprint density at radius 2 is 1.87 bits per heavy atom. The van der Waals surface area contributed by atoms with Gasteiger partial charge in [-0.25, -0.2) is 0 Å². The monoisotopic (exact) mass is 322 g/mol. The molecule has 130 valence electrons. The molecule has 0 aliphatic rings. The summed E-state index contributed by atoms with van der Waals surface area (Å²) in [5.41, 5.74) is 7.18. The van der Waals surface area contributed by atoms with E-state index in [-0.39, 0.29) is 25.0 Å². The van der Waals surface area contributed by atoms with Gasteiger partial charge in [-0.05, 0) is 30.7 Å². The number of nitrogens with two attached hydrogens (primary N) is 1. The lowest BCUT2D eigenvalue weighted by atomic mass is 9.88. The van der Waals surface area contributed by atoms with Crippen molar-refractivity contribution in [1.29, 1.82) is 0 Å². The second kappa shape index (κ2) is 10.4. The van der Waals surface area contributed by atoms with E-state index in [9.17, 15) is 9.90 Å². The second-order valence-corrected chi connectivity index (χ2v) is 6.50. The van der Waals surface area contributed by atoms with Crippen LogP contribution in [0.5, 0.6) is 0 Å². The van der Waals surface area contributed by atoms with Crippen LogP contribution in [0.4, 0.5) is 0 Å². The lowest BCUT2D eigenvalue weighted by Crippen LogP contribution is -2.41. The molecule has 0 saturated carbocycles. The van der Waals surface area contributed by atoms with Crippen LogP contribution in [-0.4, -0.2) is 41.4 Å². The maximum absolute atomic E-state index is 12.2. The molecule has 0 spiro atoms. The molecular formula is C18H30N2O3. The Labute approximate surface area is 138 Å². The number of hydrogen-bond acceptors (Lipinski definition) is 4. The Hall–Kier alpha value is -1.43. The molecule has 1 amide bonds. The molecule has 5 N–H and O–H groups in total. The third-order valence-electron chi connectivity index (χ3n) is 3.87. The van der Waals surface area contributed by atoms with Crippen molar-refractivity contribution in [1.82, 2.24) is 5.32 Å². The Bertz CT molecular complexity index is 451. The summed E-state index contributed by atoms with van der Waals surface area (Å²) in [7, 11) is 0. The summed E-state index contributed by atoms with van der Waals surface area (Å²) in [6, 6.07) is 9.38. The number of carbonyl (C=O) groups excluding carboxylic acids is 1. The lowest BCUT2D eigenvalue weighted by molar-refractivity contribution is -0.126. The highest BCUT2D eigenvalue weighted by atomic mass is 16.3. The summed E-state index contributed by atoms with van der Waals surface area (Å²) < 4.78 is 0. The van der Waals surface area contributed by atoms with Gasteiger partial charge in [-0.15, -0.1) is 0 Å². The molecule has 0 aliphatic carbocycles. The standard InChI is InChI=1S/C18H30N2O3/c1-13(2)10-15(18(23)20-8-9-21)12-17(22)16(19)11-14-6-4-3-5-7-14/h3-7,13,15-17,21-22H,8-12,19H2,1-2H3,(H,20,23)/t15-,16?,17+/m1/s1. The topological polar surface area (TPSA) is 95.6 Å². The van der Waals surface area contributed by atoms with Crippen LogP contribution in [0.25, 0.3) is 0 Å². The van der Waals surface area contributed by atoms with Crippen molar-refractivity contribution in [2.45, 2.75) is 45.3 Å². The van der Waals surface area contributed by atoms with Crippen LogP contribution in [0.3, 0.4) is 0 Å². The van der Waals surface area contributed by atoms with Crippen molar-refractivity contribution < 1.29 is 15.0 Å². The second-order valence-electron chi connectivity index (χ2n) is 6.50. The van der Waals surface area contributed by atoms with Crippen LogP contribution < -0.4 is 11.1 Å². The van der Waals surface area contributed by atoms with Crippen LogP contribution >= 0.6 is 0 Å². The van der Waals surface area contributed by atoms with Crippen molar-refractivity contribution in [2.24, 2.45) is 17.6 Å². The van der Waals surface area contributed by atoms with E-state index in [1.807, 2.05) is 44.2 Å². The number of benzene rings is 1. The van der Waals surface area contributed by atoms with Crippen LogP contribution in [0.2, 0.25) is 0 Å². The molecule has 3 atom stereocenters. The van der Waals surface area contributed by atoms with Crippen molar-refractivity contribution >= 4 is 5.91 Å². The third kappa shape index (κ3) is 7.59. The summed E-state index contributed by atoms with van der Waals surface area (Å²) in [5.74, 6) is -0.0745. The number of carbonyl (C=O) groups is 1. The van der Waals surface area contributed by atoms with E-state index in [1.165, 1.54) is 0 Å². The average Bonchev–Trinajstić information content (AvgIpc) is 2.52. The van der Waals surface area contributed by atoms with E-state index in [4.69, 9.17) is 10.8 Å². The molecule has 23 heavy (non-hydrogen) atoms. The molecular weight excluding hydrogens is 292 g/mol. The van der Waals surface area contributed by atoms with Crippen LogP contribution in [-0.2, 0) is 11.2 Å². The Morgan fingerprint density at radius 1 is 1.22 bits per heavy atom. The normalized spacial score (nSPS) is 15.2. The fourth-order valence-corrected chi connectivity index (χ4v) is 2.69. The van der Waals surface area contributed by atoms with Gasteiger partial charge in [0.1, 0.15) is 0 Å². The molecule has 1 unspecified atom stereocenters. The molecule has 0 heterocycles.